The van der Waals surface area contributed by atoms with Crippen molar-refractivity contribution >= 4 is 21.5 Å². The van der Waals surface area contributed by atoms with Gasteiger partial charge in [0, 0.05) is 32.4 Å². The average molecular weight is 390 g/mol. The highest BCUT2D eigenvalue weighted by molar-refractivity contribution is 7.89. The number of aryl methyl sites for hydroxylation is 1. The first-order valence-electron chi connectivity index (χ1n) is 8.73. The summed E-state index contributed by atoms with van der Waals surface area (Å²) < 4.78 is 30.5. The van der Waals surface area contributed by atoms with Gasteiger partial charge in [0.05, 0.1) is 12.4 Å². The fraction of sp³-hybridized carbons (Fsp3) is 0.500. The Morgan fingerprint density at radius 3 is 2.63 bits per heavy atom. The van der Waals surface area contributed by atoms with Gasteiger partial charge in [-0.2, -0.15) is 8.82 Å². The van der Waals surface area contributed by atoms with Gasteiger partial charge in [-0.25, -0.2) is 13.4 Å². The summed E-state index contributed by atoms with van der Waals surface area (Å²) in [4.78, 5) is 6.11. The van der Waals surface area contributed by atoms with E-state index in [1.807, 2.05) is 37.8 Å². The van der Waals surface area contributed by atoms with Crippen LogP contribution in [-0.4, -0.2) is 68.3 Å². The van der Waals surface area contributed by atoms with E-state index in [1.54, 1.807) is 28.7 Å². The first kappa shape index (κ1) is 17.9. The van der Waals surface area contributed by atoms with E-state index in [0.29, 0.717) is 24.6 Å². The highest BCUT2D eigenvalue weighted by Gasteiger charge is 2.38. The maximum Gasteiger partial charge on any atom is 0.262 e. The fourth-order valence-electron chi connectivity index (χ4n) is 3.00. The van der Waals surface area contributed by atoms with Gasteiger partial charge in [0.2, 0.25) is 0 Å². The lowest BCUT2D eigenvalue weighted by molar-refractivity contribution is 0.308. The largest absolute Gasteiger partial charge is 0.352 e. The minimum absolute atomic E-state index is 0.0804. The van der Waals surface area contributed by atoms with Crippen LogP contribution in [0.3, 0.4) is 0 Å². The van der Waals surface area contributed by atoms with E-state index >= 15 is 0 Å². The van der Waals surface area contributed by atoms with Crippen LogP contribution in [0.2, 0.25) is 0 Å². The molecule has 27 heavy (non-hydrogen) atoms. The summed E-state index contributed by atoms with van der Waals surface area (Å²) >= 11 is 0. The van der Waals surface area contributed by atoms with Crippen LogP contribution >= 0.6 is 0 Å². The standard InChI is InChI=1S/C16H22N8O2S/c1-11(2)23-9-16(17-10-23)27(25,26)21(4)13-7-22(8-13)15-6-5-14-19-18-12(3)24(14)20-15/h5-6,9-11,13H,7-8H2,1-4H3. The predicted octanol–water partition coefficient (Wildman–Crippen LogP) is 0.719. The second kappa shape index (κ2) is 6.27. The Kier molecular flexibility index (Phi) is 4.15. The van der Waals surface area contributed by atoms with Gasteiger partial charge in [-0.05, 0) is 32.9 Å². The van der Waals surface area contributed by atoms with Crippen LogP contribution in [0.1, 0.15) is 25.7 Å². The van der Waals surface area contributed by atoms with Gasteiger partial charge in [0.25, 0.3) is 10.0 Å². The molecule has 0 amide bonds. The molecule has 1 saturated heterocycles. The molecule has 0 saturated carbocycles. The quantitative estimate of drug-likeness (QED) is 0.632. The molecule has 1 aliphatic rings. The van der Waals surface area contributed by atoms with E-state index in [9.17, 15) is 8.42 Å². The molecule has 0 aliphatic carbocycles. The molecule has 4 rings (SSSR count). The van der Waals surface area contributed by atoms with Crippen LogP contribution in [0.4, 0.5) is 5.82 Å². The lowest BCUT2D eigenvalue weighted by atomic mass is 10.1. The minimum atomic E-state index is -3.62. The summed E-state index contributed by atoms with van der Waals surface area (Å²) in [6, 6.07) is 3.76. The zero-order chi connectivity index (χ0) is 19.3. The van der Waals surface area contributed by atoms with Crippen molar-refractivity contribution in [2.24, 2.45) is 0 Å². The summed E-state index contributed by atoms with van der Waals surface area (Å²) in [5.74, 6) is 1.49. The van der Waals surface area contributed by atoms with Gasteiger partial charge < -0.3 is 9.47 Å². The molecule has 144 valence electrons. The molecule has 0 unspecified atom stereocenters. The molecule has 3 aromatic heterocycles. The first-order valence-corrected chi connectivity index (χ1v) is 10.2. The molecule has 10 nitrogen and oxygen atoms in total. The fourth-order valence-corrected chi connectivity index (χ4v) is 4.26. The Morgan fingerprint density at radius 2 is 1.96 bits per heavy atom. The predicted molar refractivity (Wildman–Crippen MR) is 99.1 cm³/mol. The minimum Gasteiger partial charge on any atom is -0.352 e. The van der Waals surface area contributed by atoms with Gasteiger partial charge >= 0.3 is 0 Å². The van der Waals surface area contributed by atoms with Crippen LogP contribution < -0.4 is 4.90 Å². The third-order valence-corrected chi connectivity index (χ3v) is 6.72. The van der Waals surface area contributed by atoms with Crippen LogP contribution in [0.25, 0.3) is 5.65 Å². The maximum atomic E-state index is 12.8. The molecule has 0 aromatic carbocycles. The average Bonchev–Trinajstić information content (AvgIpc) is 3.22. The van der Waals surface area contributed by atoms with Crippen molar-refractivity contribution in [3.05, 3.63) is 30.5 Å². The Morgan fingerprint density at radius 1 is 1.22 bits per heavy atom. The van der Waals surface area contributed by atoms with E-state index < -0.39 is 10.0 Å². The molecule has 0 N–H and O–H groups in total. The molecule has 0 atom stereocenters. The van der Waals surface area contributed by atoms with Crippen LogP contribution in [0, 0.1) is 6.92 Å². The second-order valence-electron chi connectivity index (χ2n) is 7.04. The lowest BCUT2D eigenvalue weighted by Crippen LogP contribution is -2.60. The third kappa shape index (κ3) is 2.96. The van der Waals surface area contributed by atoms with Crippen LogP contribution in [0.15, 0.2) is 29.7 Å². The number of nitrogens with zero attached hydrogens (tertiary/aromatic N) is 8. The number of aromatic nitrogens is 6. The van der Waals surface area contributed by atoms with Crippen LogP contribution in [0.5, 0.6) is 0 Å². The number of hydrogen-bond acceptors (Lipinski definition) is 7. The number of sulfonamides is 1. The molecule has 4 heterocycles. The molecule has 1 fully saturated rings. The number of imidazole rings is 1. The Bertz CT molecular complexity index is 1080. The molecule has 1 aliphatic heterocycles. The molecule has 11 heteroatoms. The Balaban J connectivity index is 1.48. The number of likely N-dealkylation sites (N-methyl/N-ethyl adjacent to an activating group) is 1. The number of hydrogen-bond donors (Lipinski definition) is 0. The molecule has 0 bridgehead atoms. The molecule has 0 radical (unpaired) electrons. The summed E-state index contributed by atoms with van der Waals surface area (Å²) in [5.41, 5.74) is 0.689. The lowest BCUT2D eigenvalue weighted by Gasteiger charge is -2.43. The number of fused-ring (bicyclic) bond motifs is 1. The SMILES string of the molecule is Cc1nnc2ccc(N3CC(N(C)S(=O)(=O)c4cn(C(C)C)cn4)C3)nn12. The third-order valence-electron chi connectivity index (χ3n) is 4.92. The number of anilines is 1. The van der Waals surface area contributed by atoms with E-state index in [4.69, 9.17) is 0 Å². The monoisotopic (exact) mass is 390 g/mol. The summed E-state index contributed by atoms with van der Waals surface area (Å²) in [6.45, 7) is 6.94. The van der Waals surface area contributed by atoms with Crippen molar-refractivity contribution in [1.29, 1.82) is 0 Å². The van der Waals surface area contributed by atoms with Crippen LogP contribution in [-0.2, 0) is 10.0 Å². The molecule has 0 spiro atoms. The topological polar surface area (TPSA) is 102 Å². The van der Waals surface area contributed by atoms with E-state index in [-0.39, 0.29) is 17.1 Å². The van der Waals surface area contributed by atoms with Gasteiger partial charge in [0.15, 0.2) is 16.5 Å². The van der Waals surface area contributed by atoms with Crippen molar-refractivity contribution in [3.63, 3.8) is 0 Å². The molecular weight excluding hydrogens is 368 g/mol. The zero-order valence-electron chi connectivity index (χ0n) is 15.7. The van der Waals surface area contributed by atoms with Gasteiger partial charge in [-0.3, -0.25) is 0 Å². The summed E-state index contributed by atoms with van der Waals surface area (Å²) in [7, 11) is -2.02. The van der Waals surface area contributed by atoms with Crippen molar-refractivity contribution in [1.82, 2.24) is 33.7 Å². The zero-order valence-corrected chi connectivity index (χ0v) is 16.5. The van der Waals surface area contributed by atoms with Crippen molar-refractivity contribution in [2.75, 3.05) is 25.0 Å². The van der Waals surface area contributed by atoms with E-state index in [2.05, 4.69) is 20.3 Å². The second-order valence-corrected chi connectivity index (χ2v) is 8.99. The first-order chi connectivity index (χ1) is 12.8. The van der Waals surface area contributed by atoms with Crippen molar-refractivity contribution in [2.45, 2.75) is 37.9 Å². The highest BCUT2D eigenvalue weighted by atomic mass is 32.2. The van der Waals surface area contributed by atoms with Crippen molar-refractivity contribution < 1.29 is 8.42 Å². The summed E-state index contributed by atoms with van der Waals surface area (Å²) in [5, 5.41) is 12.6. The number of rotatable bonds is 5. The highest BCUT2D eigenvalue weighted by Crippen LogP contribution is 2.25. The van der Waals surface area contributed by atoms with E-state index in [0.717, 1.165) is 5.82 Å². The van der Waals surface area contributed by atoms with Gasteiger partial charge in [-0.1, -0.05) is 0 Å². The van der Waals surface area contributed by atoms with Gasteiger partial charge in [0.1, 0.15) is 5.82 Å². The molecular formula is C16H22N8O2S. The molecule has 3 aromatic rings. The summed E-state index contributed by atoms with van der Waals surface area (Å²) in [6.07, 6.45) is 3.14. The normalized spacial score (nSPS) is 15.9. The smallest absolute Gasteiger partial charge is 0.262 e. The van der Waals surface area contributed by atoms with Gasteiger partial charge in [-0.15, -0.1) is 15.3 Å². The Hall–Kier alpha value is -2.53. The maximum absolute atomic E-state index is 12.8. The van der Waals surface area contributed by atoms with Crippen molar-refractivity contribution in [3.8, 4) is 0 Å². The van der Waals surface area contributed by atoms with E-state index in [1.165, 1.54) is 4.31 Å². The Labute approximate surface area is 157 Å².